The Morgan fingerprint density at radius 2 is 1.91 bits per heavy atom. The molecule has 0 aliphatic carbocycles. The van der Waals surface area contributed by atoms with Crippen LogP contribution in [0.4, 0.5) is 14.9 Å². The van der Waals surface area contributed by atoms with E-state index in [2.05, 4.69) is 5.32 Å². The summed E-state index contributed by atoms with van der Waals surface area (Å²) in [6.45, 7) is 4.71. The minimum Gasteiger partial charge on any atom is -0.317 e. The Labute approximate surface area is 136 Å². The molecule has 1 heterocycles. The van der Waals surface area contributed by atoms with Gasteiger partial charge in [0.2, 0.25) is 0 Å². The lowest BCUT2D eigenvalue weighted by molar-refractivity contribution is 0.207. The van der Waals surface area contributed by atoms with Crippen LogP contribution in [0.1, 0.15) is 35.6 Å². The predicted molar refractivity (Wildman–Crippen MR) is 90.0 cm³/mol. The number of likely N-dealkylation sites (tertiary alicyclic amines) is 1. The number of urea groups is 1. The Morgan fingerprint density at radius 1 is 1.17 bits per heavy atom. The summed E-state index contributed by atoms with van der Waals surface area (Å²) in [6, 6.07) is 12.4. The van der Waals surface area contributed by atoms with Gasteiger partial charge in [-0.05, 0) is 61.6 Å². The molecule has 1 aliphatic rings. The number of hydrogen-bond donors (Lipinski definition) is 1. The Kier molecular flexibility index (Phi) is 4.33. The molecule has 0 saturated carbocycles. The van der Waals surface area contributed by atoms with Gasteiger partial charge in [-0.2, -0.15) is 0 Å². The number of hydrogen-bond acceptors (Lipinski definition) is 1. The first-order valence-corrected chi connectivity index (χ1v) is 7.95. The molecule has 23 heavy (non-hydrogen) atoms. The molecule has 4 heteroatoms. The van der Waals surface area contributed by atoms with E-state index in [1.54, 1.807) is 12.1 Å². The lowest BCUT2D eigenvalue weighted by Crippen LogP contribution is -2.34. The summed E-state index contributed by atoms with van der Waals surface area (Å²) in [5.41, 5.74) is 3.99. The van der Waals surface area contributed by atoms with Crippen molar-refractivity contribution in [3.63, 3.8) is 0 Å². The number of benzene rings is 2. The van der Waals surface area contributed by atoms with E-state index in [1.807, 2.05) is 36.9 Å². The average molecular weight is 312 g/mol. The molecule has 120 valence electrons. The topological polar surface area (TPSA) is 32.3 Å². The van der Waals surface area contributed by atoms with Gasteiger partial charge in [0.15, 0.2) is 0 Å². The zero-order valence-electron chi connectivity index (χ0n) is 13.5. The molecule has 2 aromatic rings. The van der Waals surface area contributed by atoms with E-state index < -0.39 is 0 Å². The van der Waals surface area contributed by atoms with Crippen molar-refractivity contribution in [2.75, 3.05) is 11.9 Å². The second-order valence-electron chi connectivity index (χ2n) is 6.15. The lowest BCUT2D eigenvalue weighted by atomic mass is 10.0. The molecule has 0 aromatic heterocycles. The first-order chi connectivity index (χ1) is 11.0. The van der Waals surface area contributed by atoms with Gasteiger partial charge in [0.25, 0.3) is 0 Å². The van der Waals surface area contributed by atoms with Crippen molar-refractivity contribution in [1.82, 2.24) is 4.90 Å². The van der Waals surface area contributed by atoms with Crippen molar-refractivity contribution in [2.45, 2.75) is 32.7 Å². The highest BCUT2D eigenvalue weighted by Crippen LogP contribution is 2.32. The summed E-state index contributed by atoms with van der Waals surface area (Å²) in [5, 5.41) is 3.02. The number of aryl methyl sites for hydroxylation is 2. The average Bonchev–Trinajstić information content (AvgIpc) is 3.01. The lowest BCUT2D eigenvalue weighted by Gasteiger charge is -2.26. The van der Waals surface area contributed by atoms with Crippen molar-refractivity contribution in [3.8, 4) is 0 Å². The fourth-order valence-corrected chi connectivity index (χ4v) is 3.10. The van der Waals surface area contributed by atoms with Gasteiger partial charge in [0.1, 0.15) is 5.82 Å². The van der Waals surface area contributed by atoms with Crippen molar-refractivity contribution in [2.24, 2.45) is 0 Å². The molecule has 2 aromatic carbocycles. The van der Waals surface area contributed by atoms with Crippen molar-refractivity contribution in [1.29, 1.82) is 0 Å². The third-order valence-corrected chi connectivity index (χ3v) is 4.40. The summed E-state index contributed by atoms with van der Waals surface area (Å²) in [6.07, 6.45) is 1.87. The van der Waals surface area contributed by atoms with Gasteiger partial charge in [0, 0.05) is 12.2 Å². The summed E-state index contributed by atoms with van der Waals surface area (Å²) < 4.78 is 13.1. The number of carbonyl (C=O) groups excluding carboxylic acids is 1. The molecular weight excluding hydrogens is 291 g/mol. The van der Waals surface area contributed by atoms with Gasteiger partial charge < -0.3 is 10.2 Å². The van der Waals surface area contributed by atoms with E-state index in [9.17, 15) is 9.18 Å². The van der Waals surface area contributed by atoms with Crippen LogP contribution in [0.3, 0.4) is 0 Å². The Balaban J connectivity index is 1.78. The molecule has 0 spiro atoms. The molecule has 1 saturated heterocycles. The van der Waals surface area contributed by atoms with Crippen LogP contribution in [0.2, 0.25) is 0 Å². The maximum absolute atomic E-state index is 13.1. The van der Waals surface area contributed by atoms with Gasteiger partial charge in [-0.15, -0.1) is 0 Å². The number of nitrogens with zero attached hydrogens (tertiary/aromatic N) is 1. The maximum Gasteiger partial charge on any atom is 0.322 e. The summed E-state index contributed by atoms with van der Waals surface area (Å²) in [7, 11) is 0. The van der Waals surface area contributed by atoms with E-state index in [4.69, 9.17) is 0 Å². The Bertz CT molecular complexity index is 712. The minimum absolute atomic E-state index is 0.0146. The SMILES string of the molecule is Cc1ccc(C)c(NC(=O)N2CCCC2c2ccc(F)cc2)c1. The molecule has 1 N–H and O–H groups in total. The van der Waals surface area contributed by atoms with Crippen LogP contribution >= 0.6 is 0 Å². The molecule has 1 unspecified atom stereocenters. The van der Waals surface area contributed by atoms with Crippen molar-refractivity contribution in [3.05, 3.63) is 65.0 Å². The molecule has 1 atom stereocenters. The van der Waals surface area contributed by atoms with Crippen LogP contribution in [-0.2, 0) is 0 Å². The van der Waals surface area contributed by atoms with Crippen molar-refractivity contribution >= 4 is 11.7 Å². The van der Waals surface area contributed by atoms with E-state index in [0.29, 0.717) is 0 Å². The maximum atomic E-state index is 13.1. The van der Waals surface area contributed by atoms with Gasteiger partial charge in [0.05, 0.1) is 6.04 Å². The molecule has 3 rings (SSSR count). The molecule has 3 nitrogen and oxygen atoms in total. The van der Waals surface area contributed by atoms with Crippen LogP contribution in [0.5, 0.6) is 0 Å². The molecular formula is C19H21FN2O. The normalized spacial score (nSPS) is 17.3. The standard InChI is InChI=1S/C19H21FN2O/c1-13-5-6-14(2)17(12-13)21-19(23)22-11-3-4-18(22)15-7-9-16(20)10-8-15/h5-10,12,18H,3-4,11H2,1-2H3,(H,21,23). The van der Waals surface area contributed by atoms with Crippen LogP contribution in [-0.4, -0.2) is 17.5 Å². The largest absolute Gasteiger partial charge is 0.322 e. The van der Waals surface area contributed by atoms with Crippen LogP contribution in [0.15, 0.2) is 42.5 Å². The zero-order chi connectivity index (χ0) is 16.4. The monoisotopic (exact) mass is 312 g/mol. The van der Waals surface area contributed by atoms with Gasteiger partial charge in [-0.25, -0.2) is 9.18 Å². The fourth-order valence-electron chi connectivity index (χ4n) is 3.10. The van der Waals surface area contributed by atoms with Crippen LogP contribution < -0.4 is 5.32 Å². The second kappa shape index (κ2) is 6.41. The molecule has 0 radical (unpaired) electrons. The Hall–Kier alpha value is -2.36. The number of anilines is 1. The van der Waals surface area contributed by atoms with Crippen molar-refractivity contribution < 1.29 is 9.18 Å². The first kappa shape index (κ1) is 15.5. The van der Waals surface area contributed by atoms with Crippen LogP contribution in [0, 0.1) is 19.7 Å². The number of carbonyl (C=O) groups is 1. The summed E-state index contributed by atoms with van der Waals surface area (Å²) >= 11 is 0. The van der Waals surface area contributed by atoms with Crippen LogP contribution in [0.25, 0.3) is 0 Å². The minimum atomic E-state index is -0.252. The summed E-state index contributed by atoms with van der Waals surface area (Å²) in [4.78, 5) is 14.5. The second-order valence-corrected chi connectivity index (χ2v) is 6.15. The molecule has 1 fully saturated rings. The van der Waals surface area contributed by atoms with Gasteiger partial charge in [-0.3, -0.25) is 0 Å². The number of rotatable bonds is 2. The first-order valence-electron chi connectivity index (χ1n) is 7.95. The van der Waals surface area contributed by atoms with E-state index in [1.165, 1.54) is 12.1 Å². The fraction of sp³-hybridized carbons (Fsp3) is 0.316. The molecule has 2 amide bonds. The highest BCUT2D eigenvalue weighted by Gasteiger charge is 2.30. The third kappa shape index (κ3) is 3.36. The molecule has 0 bridgehead atoms. The number of nitrogens with one attached hydrogen (secondary N) is 1. The zero-order valence-corrected chi connectivity index (χ0v) is 13.5. The third-order valence-electron chi connectivity index (χ3n) is 4.40. The predicted octanol–water partition coefficient (Wildman–Crippen LogP) is 4.81. The van der Waals surface area contributed by atoms with Gasteiger partial charge in [-0.1, -0.05) is 24.3 Å². The highest BCUT2D eigenvalue weighted by atomic mass is 19.1. The molecule has 1 aliphatic heterocycles. The smallest absolute Gasteiger partial charge is 0.317 e. The van der Waals surface area contributed by atoms with Gasteiger partial charge >= 0.3 is 6.03 Å². The number of amides is 2. The summed E-state index contributed by atoms with van der Waals surface area (Å²) in [5.74, 6) is -0.252. The Morgan fingerprint density at radius 3 is 2.65 bits per heavy atom. The van der Waals surface area contributed by atoms with E-state index >= 15 is 0 Å². The van der Waals surface area contributed by atoms with E-state index in [-0.39, 0.29) is 17.9 Å². The van der Waals surface area contributed by atoms with E-state index in [0.717, 1.165) is 41.8 Å². The highest BCUT2D eigenvalue weighted by molar-refractivity contribution is 5.90. The quantitative estimate of drug-likeness (QED) is 0.848. The number of halogens is 1.